The van der Waals surface area contributed by atoms with E-state index in [1.807, 2.05) is 11.0 Å². The molecule has 1 aromatic rings. The van der Waals surface area contributed by atoms with E-state index < -0.39 is 5.97 Å². The fraction of sp³-hybridized carbons (Fsp3) is 0.471. The lowest BCUT2D eigenvalue weighted by atomic mass is 10.00. The quantitative estimate of drug-likeness (QED) is 0.801. The molecule has 1 atom stereocenters. The van der Waals surface area contributed by atoms with Gasteiger partial charge in [-0.1, -0.05) is 13.0 Å². The van der Waals surface area contributed by atoms with Crippen LogP contribution >= 0.6 is 0 Å². The van der Waals surface area contributed by atoms with E-state index in [-0.39, 0.29) is 24.1 Å². The van der Waals surface area contributed by atoms with Crippen molar-refractivity contribution in [2.24, 2.45) is 0 Å². The number of hydrogen-bond donors (Lipinski definition) is 0. The molecule has 0 N–H and O–H groups in total. The van der Waals surface area contributed by atoms with Crippen molar-refractivity contribution < 1.29 is 14.3 Å². The van der Waals surface area contributed by atoms with Crippen molar-refractivity contribution >= 4 is 11.9 Å². The number of likely N-dealkylation sites (tertiary alicyclic amines) is 1. The van der Waals surface area contributed by atoms with Crippen LogP contribution in [0.5, 0.6) is 0 Å². The summed E-state index contributed by atoms with van der Waals surface area (Å²) in [4.78, 5) is 26.0. The summed E-state index contributed by atoms with van der Waals surface area (Å²) < 4.78 is 5.10. The summed E-state index contributed by atoms with van der Waals surface area (Å²) in [7, 11) is 0. The van der Waals surface area contributed by atoms with E-state index in [4.69, 9.17) is 10.00 Å². The van der Waals surface area contributed by atoms with Crippen LogP contribution in [0.1, 0.15) is 48.5 Å². The molecule has 1 aliphatic rings. The van der Waals surface area contributed by atoms with Gasteiger partial charge in [-0.3, -0.25) is 4.79 Å². The number of rotatable bonds is 4. The average molecular weight is 300 g/mol. The van der Waals surface area contributed by atoms with Crippen molar-refractivity contribution in [3.8, 4) is 6.07 Å². The van der Waals surface area contributed by atoms with Gasteiger partial charge >= 0.3 is 5.97 Å². The SMILES string of the molecule is CC[C@H]1CCCCN1C(=O)COC(=O)c1cccc(C#N)c1. The Kier molecular flexibility index (Phi) is 5.54. The van der Waals surface area contributed by atoms with Crippen LogP contribution in [0.2, 0.25) is 0 Å². The van der Waals surface area contributed by atoms with Crippen LogP contribution in [-0.4, -0.2) is 36.0 Å². The standard InChI is InChI=1S/C17H20N2O3/c1-2-15-8-3-4-9-19(15)16(20)12-22-17(21)14-7-5-6-13(10-14)11-18/h5-7,10,15H,2-4,8-9,12H2,1H3/t15-/m0/s1. The predicted molar refractivity (Wildman–Crippen MR) is 81.1 cm³/mol. The largest absolute Gasteiger partial charge is 0.452 e. The van der Waals surface area contributed by atoms with Gasteiger partial charge in [0.1, 0.15) is 0 Å². The molecule has 1 heterocycles. The van der Waals surface area contributed by atoms with Crippen LogP contribution in [0.15, 0.2) is 24.3 Å². The summed E-state index contributed by atoms with van der Waals surface area (Å²) in [5.41, 5.74) is 0.681. The third-order valence-corrected chi connectivity index (χ3v) is 3.97. The third-order valence-electron chi connectivity index (χ3n) is 3.97. The molecule has 0 aromatic heterocycles. The first-order valence-corrected chi connectivity index (χ1v) is 7.62. The minimum Gasteiger partial charge on any atom is -0.452 e. The molecule has 0 radical (unpaired) electrons. The number of nitriles is 1. The second kappa shape index (κ2) is 7.60. The van der Waals surface area contributed by atoms with Gasteiger partial charge in [-0.05, 0) is 43.9 Å². The highest BCUT2D eigenvalue weighted by Crippen LogP contribution is 2.19. The Labute approximate surface area is 130 Å². The van der Waals surface area contributed by atoms with E-state index in [1.54, 1.807) is 18.2 Å². The first-order chi connectivity index (χ1) is 10.7. The van der Waals surface area contributed by atoms with Crippen LogP contribution in [0, 0.1) is 11.3 Å². The molecular weight excluding hydrogens is 280 g/mol. The second-order valence-electron chi connectivity index (χ2n) is 5.41. The summed E-state index contributed by atoms with van der Waals surface area (Å²) in [6, 6.07) is 8.49. The van der Waals surface area contributed by atoms with E-state index in [9.17, 15) is 9.59 Å². The molecule has 0 unspecified atom stereocenters. The van der Waals surface area contributed by atoms with Crippen LogP contribution < -0.4 is 0 Å². The number of benzene rings is 1. The van der Waals surface area contributed by atoms with Crippen LogP contribution in [0.4, 0.5) is 0 Å². The zero-order chi connectivity index (χ0) is 15.9. The Morgan fingerprint density at radius 2 is 2.23 bits per heavy atom. The molecule has 1 aromatic carbocycles. The summed E-state index contributed by atoms with van der Waals surface area (Å²) in [5, 5.41) is 8.83. The summed E-state index contributed by atoms with van der Waals surface area (Å²) >= 11 is 0. The number of ether oxygens (including phenoxy) is 1. The smallest absolute Gasteiger partial charge is 0.338 e. The van der Waals surface area contributed by atoms with E-state index >= 15 is 0 Å². The molecular formula is C17H20N2O3. The lowest BCUT2D eigenvalue weighted by Gasteiger charge is -2.35. The molecule has 0 aliphatic carbocycles. The van der Waals surface area contributed by atoms with Crippen molar-refractivity contribution in [2.45, 2.75) is 38.6 Å². The second-order valence-corrected chi connectivity index (χ2v) is 5.41. The molecule has 22 heavy (non-hydrogen) atoms. The highest BCUT2D eigenvalue weighted by molar-refractivity contribution is 5.91. The molecule has 1 amide bonds. The Morgan fingerprint density at radius 1 is 1.41 bits per heavy atom. The molecule has 2 rings (SSSR count). The monoisotopic (exact) mass is 300 g/mol. The maximum atomic E-state index is 12.2. The Balaban J connectivity index is 1.92. The molecule has 1 fully saturated rings. The highest BCUT2D eigenvalue weighted by atomic mass is 16.5. The van der Waals surface area contributed by atoms with Gasteiger partial charge in [0, 0.05) is 12.6 Å². The number of carbonyl (C=O) groups is 2. The van der Waals surface area contributed by atoms with Gasteiger partial charge in [0.15, 0.2) is 6.61 Å². The number of amides is 1. The van der Waals surface area contributed by atoms with Crippen LogP contribution in [0.3, 0.4) is 0 Å². The van der Waals surface area contributed by atoms with E-state index in [1.165, 1.54) is 6.07 Å². The van der Waals surface area contributed by atoms with Crippen molar-refractivity contribution in [1.82, 2.24) is 4.90 Å². The molecule has 1 saturated heterocycles. The normalized spacial score (nSPS) is 17.6. The Hall–Kier alpha value is -2.35. The molecule has 5 heteroatoms. The Bertz CT molecular complexity index is 592. The first kappa shape index (κ1) is 16.0. The first-order valence-electron chi connectivity index (χ1n) is 7.62. The van der Waals surface area contributed by atoms with Gasteiger partial charge in [0.25, 0.3) is 5.91 Å². The number of carbonyl (C=O) groups excluding carboxylic acids is 2. The van der Waals surface area contributed by atoms with Crippen molar-refractivity contribution in [2.75, 3.05) is 13.2 Å². The summed E-state index contributed by atoms with van der Waals surface area (Å²) in [6.07, 6.45) is 4.08. The molecule has 5 nitrogen and oxygen atoms in total. The highest BCUT2D eigenvalue weighted by Gasteiger charge is 2.26. The number of nitrogens with zero attached hydrogens (tertiary/aromatic N) is 2. The van der Waals surface area contributed by atoms with E-state index in [2.05, 4.69) is 6.92 Å². The fourth-order valence-corrected chi connectivity index (χ4v) is 2.76. The van der Waals surface area contributed by atoms with E-state index in [0.29, 0.717) is 5.56 Å². The zero-order valence-corrected chi connectivity index (χ0v) is 12.7. The van der Waals surface area contributed by atoms with Crippen molar-refractivity contribution in [3.63, 3.8) is 0 Å². The average Bonchev–Trinajstić information content (AvgIpc) is 2.59. The predicted octanol–water partition coefficient (Wildman–Crippen LogP) is 2.51. The summed E-state index contributed by atoms with van der Waals surface area (Å²) in [6.45, 7) is 2.56. The minimum absolute atomic E-state index is 0.142. The molecule has 116 valence electrons. The lowest BCUT2D eigenvalue weighted by molar-refractivity contribution is -0.138. The topological polar surface area (TPSA) is 70.4 Å². The molecule has 0 saturated carbocycles. The van der Waals surface area contributed by atoms with Gasteiger partial charge in [0.2, 0.25) is 0 Å². The maximum Gasteiger partial charge on any atom is 0.338 e. The summed E-state index contributed by atoms with van der Waals surface area (Å²) in [5.74, 6) is -0.716. The minimum atomic E-state index is -0.574. The fourth-order valence-electron chi connectivity index (χ4n) is 2.76. The number of hydrogen-bond acceptors (Lipinski definition) is 4. The van der Waals surface area contributed by atoms with Crippen LogP contribution in [-0.2, 0) is 9.53 Å². The van der Waals surface area contributed by atoms with Gasteiger partial charge in [-0.25, -0.2) is 4.79 Å². The maximum absolute atomic E-state index is 12.2. The number of piperidine rings is 1. The van der Waals surface area contributed by atoms with Crippen molar-refractivity contribution in [1.29, 1.82) is 5.26 Å². The van der Waals surface area contributed by atoms with Gasteiger partial charge in [-0.2, -0.15) is 5.26 Å². The molecule has 0 bridgehead atoms. The Morgan fingerprint density at radius 3 is 2.95 bits per heavy atom. The number of esters is 1. The van der Waals surface area contributed by atoms with Crippen LogP contribution in [0.25, 0.3) is 0 Å². The zero-order valence-electron chi connectivity index (χ0n) is 12.7. The van der Waals surface area contributed by atoms with E-state index in [0.717, 1.165) is 32.2 Å². The van der Waals surface area contributed by atoms with Crippen molar-refractivity contribution in [3.05, 3.63) is 35.4 Å². The van der Waals surface area contributed by atoms with Gasteiger partial charge in [-0.15, -0.1) is 0 Å². The molecule has 1 aliphatic heterocycles. The van der Waals surface area contributed by atoms with Gasteiger partial charge < -0.3 is 9.64 Å². The molecule has 0 spiro atoms. The van der Waals surface area contributed by atoms with Gasteiger partial charge in [0.05, 0.1) is 17.2 Å². The third kappa shape index (κ3) is 3.85. The lowest BCUT2D eigenvalue weighted by Crippen LogP contribution is -2.45.